The van der Waals surface area contributed by atoms with E-state index in [1.54, 1.807) is 26.1 Å². The molecule has 14 heteroatoms. The molecule has 0 aromatic carbocycles. The van der Waals surface area contributed by atoms with Crippen LogP contribution in [0.1, 0.15) is 131 Å². The molecule has 392 valence electrons. The third-order valence-corrected chi connectivity index (χ3v) is 28.8. The van der Waals surface area contributed by atoms with E-state index in [9.17, 15) is 14.7 Å². The van der Waals surface area contributed by atoms with Gasteiger partial charge in [-0.3, -0.25) is 14.4 Å². The number of rotatable bonds is 29. The number of hydroxylamine groups is 2. The fourth-order valence-corrected chi connectivity index (χ4v) is 12.1. The van der Waals surface area contributed by atoms with Crippen LogP contribution in [0.15, 0.2) is 48.6 Å². The fraction of sp³-hybridized carbons (Fsp3) is 0.811. The lowest BCUT2D eigenvalue weighted by atomic mass is 9.81. The van der Waals surface area contributed by atoms with Crippen molar-refractivity contribution in [1.29, 1.82) is 0 Å². The Morgan fingerprint density at radius 1 is 0.672 bits per heavy atom. The van der Waals surface area contributed by atoms with Crippen LogP contribution in [-0.4, -0.2) is 98.2 Å². The molecular formula is C53H104N2O9Si3. The number of carbonyl (C=O) groups excluding carboxylic acids is 2. The molecule has 0 spiro atoms. The molecule has 0 radical (unpaired) electrons. The van der Waals surface area contributed by atoms with Gasteiger partial charge in [-0.25, -0.2) is 14.8 Å². The van der Waals surface area contributed by atoms with E-state index in [-0.39, 0.29) is 87.9 Å². The van der Waals surface area contributed by atoms with Crippen molar-refractivity contribution in [2.45, 2.75) is 215 Å². The summed E-state index contributed by atoms with van der Waals surface area (Å²) in [6, 6.07) is 0. The van der Waals surface area contributed by atoms with Crippen molar-refractivity contribution < 1.29 is 42.6 Å². The Bertz CT molecular complexity index is 1610. The molecule has 12 atom stereocenters. The van der Waals surface area contributed by atoms with Crippen LogP contribution in [0, 0.1) is 41.4 Å². The zero-order valence-electron chi connectivity index (χ0n) is 47.5. The molecule has 0 rings (SSSR count). The zero-order valence-corrected chi connectivity index (χ0v) is 50.5. The van der Waals surface area contributed by atoms with Crippen molar-refractivity contribution in [2.24, 2.45) is 47.2 Å². The summed E-state index contributed by atoms with van der Waals surface area (Å²) in [4.78, 5) is 44.0. The molecule has 0 heterocycles. The van der Waals surface area contributed by atoms with E-state index in [1.165, 1.54) is 17.7 Å². The topological polar surface area (TPSA) is 139 Å². The number of hydrogen-bond donors (Lipinski definition) is 2. The number of hydrogen-bond acceptors (Lipinski definition) is 10. The van der Waals surface area contributed by atoms with Crippen LogP contribution in [0.3, 0.4) is 0 Å². The number of aliphatic hydroxyl groups excluding tert-OH is 1. The highest BCUT2D eigenvalue weighted by atomic mass is 28.4. The van der Waals surface area contributed by atoms with E-state index in [0.29, 0.717) is 0 Å². The molecule has 0 saturated heterocycles. The van der Waals surface area contributed by atoms with Crippen molar-refractivity contribution in [1.82, 2.24) is 5.06 Å². The van der Waals surface area contributed by atoms with Crippen LogP contribution in [-0.2, 0) is 37.5 Å². The first-order chi connectivity index (χ1) is 30.2. The van der Waals surface area contributed by atoms with E-state index in [0.717, 1.165) is 6.42 Å². The number of carbonyl (C=O) groups is 2. The second-order valence-electron chi connectivity index (χ2n) is 24.3. The Labute approximate surface area is 414 Å². The third-order valence-electron chi connectivity index (χ3n) is 15.4. The molecule has 0 aromatic heterocycles. The van der Waals surface area contributed by atoms with Crippen LogP contribution >= 0.6 is 0 Å². The molecule has 11 nitrogen and oxygen atoms in total. The maximum atomic E-state index is 14.0. The highest BCUT2D eigenvalue weighted by molar-refractivity contribution is 6.75. The molecule has 0 aliphatic heterocycles. The summed E-state index contributed by atoms with van der Waals surface area (Å²) in [7, 11) is -3.89. The first-order valence-electron chi connectivity index (χ1n) is 24.9. The van der Waals surface area contributed by atoms with E-state index in [2.05, 4.69) is 162 Å². The molecule has 0 saturated carbocycles. The van der Waals surface area contributed by atoms with Gasteiger partial charge in [-0.1, -0.05) is 159 Å². The van der Waals surface area contributed by atoms with Crippen LogP contribution in [0.4, 0.5) is 0 Å². The van der Waals surface area contributed by atoms with Gasteiger partial charge in [0.1, 0.15) is 18.6 Å². The highest BCUT2D eigenvalue weighted by Gasteiger charge is 2.46. The average molecular weight is 998 g/mol. The number of allylic oxidation sites excluding steroid dienone is 3. The second kappa shape index (κ2) is 27.3. The maximum absolute atomic E-state index is 14.0. The van der Waals surface area contributed by atoms with Crippen molar-refractivity contribution in [2.75, 3.05) is 20.9 Å². The summed E-state index contributed by atoms with van der Waals surface area (Å²) >= 11 is 0. The number of amides is 1. The minimum Gasteiger partial charge on any atom is -0.413 e. The van der Waals surface area contributed by atoms with Gasteiger partial charge in [0.05, 0.1) is 37.4 Å². The molecule has 0 aliphatic rings. The number of aliphatic hydroxyl groups is 1. The number of nitrogens with zero attached hydrogens (tertiary/aromatic N) is 1. The van der Waals surface area contributed by atoms with E-state index >= 15 is 0 Å². The van der Waals surface area contributed by atoms with Crippen molar-refractivity contribution in [3.8, 4) is 0 Å². The number of ketones is 1. The molecule has 0 fully saturated rings. The van der Waals surface area contributed by atoms with Crippen LogP contribution in [0.2, 0.25) is 54.4 Å². The molecular weight excluding hydrogens is 893 g/mol. The van der Waals surface area contributed by atoms with Gasteiger partial charge < -0.3 is 24.1 Å². The minimum atomic E-state index is -2.40. The summed E-state index contributed by atoms with van der Waals surface area (Å²) in [5, 5.41) is 12.4. The normalized spacial score (nSPS) is 19.5. The van der Waals surface area contributed by atoms with Gasteiger partial charge >= 0.3 is 0 Å². The van der Waals surface area contributed by atoms with Gasteiger partial charge in [0.15, 0.2) is 25.0 Å². The van der Waals surface area contributed by atoms with E-state index < -0.39 is 49.0 Å². The molecule has 67 heavy (non-hydrogen) atoms. The van der Waals surface area contributed by atoms with Gasteiger partial charge in [0.25, 0.3) is 5.91 Å². The number of nitrogens with two attached hydrogens (primary N) is 1. The average Bonchev–Trinajstić information content (AvgIpc) is 3.19. The van der Waals surface area contributed by atoms with E-state index in [1.807, 2.05) is 19.1 Å². The van der Waals surface area contributed by atoms with Gasteiger partial charge in [0, 0.05) is 31.2 Å². The van der Waals surface area contributed by atoms with Crippen LogP contribution in [0.25, 0.3) is 0 Å². The van der Waals surface area contributed by atoms with Crippen LogP contribution in [0.5, 0.6) is 0 Å². The standard InChI is InChI=1S/C53H104N2O9Si3/c1-27-28-29-37(3)47(61-60-35-54)42(8)48(63-66(23,24)52(13,14)15)40(6)33-36(2)32-39(5)46(62-65(21,22)51(10,11)12)38(4)30-31-44(56)34-45(57)41(7)49(43(9)50(58)55(19)59-20)64-67(25,26)53(16,17)18/h27-32,37-44,46-49,56H,1,33-35,54H2,2-26H3/b29-28-,31-30-,36-32-/t37?,38-,39?,40-,41?,42+,43?,44+,46?,47-,48+,49?/m0/s1. The van der Waals surface area contributed by atoms with Gasteiger partial charge in [-0.2, -0.15) is 0 Å². The first kappa shape index (κ1) is 65.4. The second-order valence-corrected chi connectivity index (χ2v) is 38.6. The minimum absolute atomic E-state index is 0.00153. The van der Waals surface area contributed by atoms with Crippen molar-refractivity contribution in [3.63, 3.8) is 0 Å². The van der Waals surface area contributed by atoms with Gasteiger partial charge in [0.2, 0.25) is 0 Å². The molecule has 3 N–H and O–H groups in total. The predicted octanol–water partition coefficient (Wildman–Crippen LogP) is 12.8. The lowest BCUT2D eigenvalue weighted by Gasteiger charge is -2.44. The summed E-state index contributed by atoms with van der Waals surface area (Å²) in [5.41, 5.74) is 6.99. The maximum Gasteiger partial charge on any atom is 0.251 e. The predicted molar refractivity (Wildman–Crippen MR) is 288 cm³/mol. The smallest absolute Gasteiger partial charge is 0.251 e. The monoisotopic (exact) mass is 997 g/mol. The fourth-order valence-electron chi connectivity index (χ4n) is 7.75. The molecule has 0 aliphatic carbocycles. The largest absolute Gasteiger partial charge is 0.413 e. The Kier molecular flexibility index (Phi) is 26.7. The number of Topliss-reactive ketones (excluding diaryl/α,β-unsaturated/α-hetero) is 1. The Morgan fingerprint density at radius 3 is 1.55 bits per heavy atom. The Balaban J connectivity index is 6.92. The third kappa shape index (κ3) is 20.2. The molecule has 6 unspecified atom stereocenters. The van der Waals surface area contributed by atoms with Crippen molar-refractivity contribution in [3.05, 3.63) is 48.6 Å². The quantitative estimate of drug-likeness (QED) is 0.0186. The van der Waals surface area contributed by atoms with Gasteiger partial charge in [-0.05, 0) is 85.5 Å². The zero-order chi connectivity index (χ0) is 52.8. The summed E-state index contributed by atoms with van der Waals surface area (Å²) in [6.07, 6.45) is 10.2. The Morgan fingerprint density at radius 2 is 1.12 bits per heavy atom. The van der Waals surface area contributed by atoms with Crippen LogP contribution < -0.4 is 5.73 Å². The molecule has 0 bridgehead atoms. The summed E-state index contributed by atoms with van der Waals surface area (Å²) < 4.78 is 21.4. The van der Waals surface area contributed by atoms with Crippen molar-refractivity contribution >= 4 is 36.6 Å². The SMILES string of the molecule is C=C/C=C\C(C)[C@H](OOCN)[C@@H](C)[C@H](O[Si](C)(C)C(C)(C)C)[C@@H](C)C/C(C)=C\C(C)C(O[Si](C)(C)C(C)(C)C)[C@@H](C)/C=C\[C@@H](O)CC(=O)C(C)C(O[Si](C)(C)C(C)(C)C)C(C)C(=O)N(C)OC. The summed E-state index contributed by atoms with van der Waals surface area (Å²) in [5.74, 6) is -1.69. The lowest BCUT2D eigenvalue weighted by Crippen LogP contribution is -2.51. The lowest BCUT2D eigenvalue weighted by molar-refractivity contribution is -0.342. The summed E-state index contributed by atoms with van der Waals surface area (Å²) in [6.45, 7) is 53.9. The Hall–Kier alpha value is -1.57. The first-order valence-corrected chi connectivity index (χ1v) is 33.7. The molecule has 0 aromatic rings. The molecule has 1 amide bonds. The van der Waals surface area contributed by atoms with Gasteiger partial charge in [-0.15, -0.1) is 0 Å². The van der Waals surface area contributed by atoms with E-state index in [4.69, 9.17) is 33.6 Å². The highest BCUT2D eigenvalue weighted by Crippen LogP contribution is 2.43.